The summed E-state index contributed by atoms with van der Waals surface area (Å²) in [6.07, 6.45) is 0. The van der Waals surface area contributed by atoms with Crippen molar-refractivity contribution in [1.29, 1.82) is 0 Å². The van der Waals surface area contributed by atoms with Gasteiger partial charge in [0, 0.05) is 16.3 Å². The van der Waals surface area contributed by atoms with Crippen LogP contribution in [-0.2, 0) is 13.1 Å². The molecule has 0 aliphatic rings. The highest BCUT2D eigenvalue weighted by atomic mass is 32.1. The van der Waals surface area contributed by atoms with Crippen LogP contribution >= 0.6 is 11.3 Å². The van der Waals surface area contributed by atoms with Crippen molar-refractivity contribution in [2.45, 2.75) is 33.5 Å². The van der Waals surface area contributed by atoms with Crippen molar-refractivity contribution in [3.63, 3.8) is 0 Å². The van der Waals surface area contributed by atoms with Gasteiger partial charge in [-0.2, -0.15) is 8.78 Å². The molecule has 5 nitrogen and oxygen atoms in total. The van der Waals surface area contributed by atoms with Crippen molar-refractivity contribution in [1.82, 2.24) is 10.6 Å². The lowest BCUT2D eigenvalue weighted by Gasteiger charge is -2.13. The van der Waals surface area contributed by atoms with Gasteiger partial charge in [-0.15, -0.1) is 11.3 Å². The third kappa shape index (κ3) is 6.22. The highest BCUT2D eigenvalue weighted by Crippen LogP contribution is 2.29. The van der Waals surface area contributed by atoms with E-state index in [9.17, 15) is 13.6 Å². The van der Waals surface area contributed by atoms with Crippen LogP contribution in [0.3, 0.4) is 0 Å². The van der Waals surface area contributed by atoms with Crippen LogP contribution in [0, 0.1) is 6.92 Å². The number of rotatable bonds is 8. The molecule has 1 heterocycles. The number of benzene rings is 1. The zero-order valence-electron chi connectivity index (χ0n) is 14.0. The topological polar surface area (TPSA) is 59.6 Å². The fraction of sp³-hybridized carbons (Fsp3) is 0.353. The van der Waals surface area contributed by atoms with E-state index in [2.05, 4.69) is 15.4 Å². The van der Waals surface area contributed by atoms with Crippen molar-refractivity contribution < 1.29 is 23.0 Å². The van der Waals surface area contributed by atoms with E-state index in [4.69, 9.17) is 4.74 Å². The van der Waals surface area contributed by atoms with Crippen LogP contribution in [-0.4, -0.2) is 19.2 Å². The van der Waals surface area contributed by atoms with Crippen molar-refractivity contribution in [3.8, 4) is 11.5 Å². The van der Waals surface area contributed by atoms with Crippen molar-refractivity contribution in [2.75, 3.05) is 6.61 Å². The van der Waals surface area contributed by atoms with Gasteiger partial charge in [-0.25, -0.2) is 4.79 Å². The van der Waals surface area contributed by atoms with Gasteiger partial charge in [0.15, 0.2) is 11.5 Å². The summed E-state index contributed by atoms with van der Waals surface area (Å²) < 4.78 is 34.5. The number of ether oxygens (including phenoxy) is 2. The zero-order chi connectivity index (χ0) is 18.2. The Balaban J connectivity index is 1.88. The number of nitrogens with one attached hydrogen (secondary N) is 2. The summed E-state index contributed by atoms with van der Waals surface area (Å²) in [6, 6.07) is 8.24. The van der Waals surface area contributed by atoms with E-state index in [-0.39, 0.29) is 24.1 Å². The van der Waals surface area contributed by atoms with Crippen LogP contribution in [0.1, 0.15) is 22.2 Å². The molecule has 0 fully saturated rings. The summed E-state index contributed by atoms with van der Waals surface area (Å²) in [5, 5.41) is 5.48. The number of hydrogen-bond donors (Lipinski definition) is 2. The number of amides is 2. The molecule has 136 valence electrons. The number of carbonyl (C=O) groups is 1. The fourth-order valence-corrected chi connectivity index (χ4v) is 2.95. The Morgan fingerprint density at radius 2 is 1.92 bits per heavy atom. The molecule has 0 atom stereocenters. The maximum atomic E-state index is 12.4. The van der Waals surface area contributed by atoms with Crippen LogP contribution in [0.2, 0.25) is 0 Å². The van der Waals surface area contributed by atoms with Gasteiger partial charge in [-0.3, -0.25) is 0 Å². The van der Waals surface area contributed by atoms with Crippen LogP contribution in [0.25, 0.3) is 0 Å². The lowest BCUT2D eigenvalue weighted by Crippen LogP contribution is -2.34. The van der Waals surface area contributed by atoms with Crippen molar-refractivity contribution in [3.05, 3.63) is 45.6 Å². The summed E-state index contributed by atoms with van der Waals surface area (Å²) in [7, 11) is 0. The molecule has 1 aromatic heterocycles. The Bertz CT molecular complexity index is 707. The second-order valence-electron chi connectivity index (χ2n) is 5.14. The lowest BCUT2D eigenvalue weighted by molar-refractivity contribution is -0.0514. The second-order valence-corrected chi connectivity index (χ2v) is 6.51. The van der Waals surface area contributed by atoms with E-state index in [1.54, 1.807) is 30.4 Å². The zero-order valence-corrected chi connectivity index (χ0v) is 14.8. The molecule has 0 spiro atoms. The van der Waals surface area contributed by atoms with Gasteiger partial charge in [-0.05, 0) is 43.7 Å². The standard InChI is InChI=1S/C17H20F2N2O3S/c1-3-23-15-8-12(5-7-14(15)24-16(18)19)9-20-17(22)21-10-13-6-4-11(2)25-13/h4-8,16H,3,9-10H2,1-2H3,(H2,20,21,22). The van der Waals surface area contributed by atoms with E-state index in [1.165, 1.54) is 10.9 Å². The average Bonchev–Trinajstić information content (AvgIpc) is 2.98. The summed E-state index contributed by atoms with van der Waals surface area (Å²) in [4.78, 5) is 14.1. The molecule has 2 aromatic rings. The van der Waals surface area contributed by atoms with Crippen LogP contribution in [0.5, 0.6) is 11.5 Å². The lowest BCUT2D eigenvalue weighted by atomic mass is 10.2. The van der Waals surface area contributed by atoms with Crippen molar-refractivity contribution >= 4 is 17.4 Å². The molecule has 0 aliphatic carbocycles. The molecule has 0 unspecified atom stereocenters. The molecule has 0 aliphatic heterocycles. The fourth-order valence-electron chi connectivity index (χ4n) is 2.12. The number of alkyl halides is 2. The van der Waals surface area contributed by atoms with Gasteiger partial charge in [0.2, 0.25) is 0 Å². The molecule has 1 aromatic carbocycles. The Morgan fingerprint density at radius 1 is 1.16 bits per heavy atom. The highest BCUT2D eigenvalue weighted by molar-refractivity contribution is 7.11. The number of thiophene rings is 1. The van der Waals surface area contributed by atoms with Gasteiger partial charge < -0.3 is 20.1 Å². The molecule has 8 heteroatoms. The number of aryl methyl sites for hydroxylation is 1. The van der Waals surface area contributed by atoms with E-state index in [0.29, 0.717) is 18.7 Å². The number of halogens is 2. The minimum absolute atomic E-state index is 0.0295. The molecular formula is C17H20F2N2O3S. The van der Waals surface area contributed by atoms with Crippen molar-refractivity contribution in [2.24, 2.45) is 0 Å². The molecular weight excluding hydrogens is 350 g/mol. The molecule has 25 heavy (non-hydrogen) atoms. The predicted octanol–water partition coefficient (Wildman–Crippen LogP) is 4.06. The number of hydrogen-bond acceptors (Lipinski definition) is 4. The van der Waals surface area contributed by atoms with E-state index in [1.807, 2.05) is 19.1 Å². The summed E-state index contributed by atoms with van der Waals surface area (Å²) in [5.41, 5.74) is 0.715. The van der Waals surface area contributed by atoms with Crippen LogP contribution in [0.15, 0.2) is 30.3 Å². The van der Waals surface area contributed by atoms with Gasteiger partial charge >= 0.3 is 12.6 Å². The Morgan fingerprint density at radius 3 is 2.56 bits per heavy atom. The minimum Gasteiger partial charge on any atom is -0.490 e. The molecule has 2 amide bonds. The van der Waals surface area contributed by atoms with Crippen LogP contribution in [0.4, 0.5) is 13.6 Å². The Labute approximate surface area is 149 Å². The molecule has 2 N–H and O–H groups in total. The first-order chi connectivity index (χ1) is 12.0. The van der Waals surface area contributed by atoms with E-state index in [0.717, 1.165) is 4.88 Å². The van der Waals surface area contributed by atoms with E-state index < -0.39 is 6.61 Å². The first kappa shape index (κ1) is 19.0. The van der Waals surface area contributed by atoms with Gasteiger partial charge in [0.25, 0.3) is 0 Å². The highest BCUT2D eigenvalue weighted by Gasteiger charge is 2.12. The molecule has 0 saturated carbocycles. The summed E-state index contributed by atoms with van der Waals surface area (Å²) in [5.74, 6) is 0.190. The van der Waals surface area contributed by atoms with E-state index >= 15 is 0 Å². The van der Waals surface area contributed by atoms with Crippen LogP contribution < -0.4 is 20.1 Å². The minimum atomic E-state index is -2.92. The largest absolute Gasteiger partial charge is 0.490 e. The average molecular weight is 370 g/mol. The SMILES string of the molecule is CCOc1cc(CNC(=O)NCc2ccc(C)s2)ccc1OC(F)F. The number of urea groups is 1. The quantitative estimate of drug-likeness (QED) is 0.737. The second kappa shape index (κ2) is 9.22. The summed E-state index contributed by atoms with van der Waals surface area (Å²) >= 11 is 1.62. The normalized spacial score (nSPS) is 10.6. The molecule has 0 bridgehead atoms. The first-order valence-corrected chi connectivity index (χ1v) is 8.57. The summed E-state index contributed by atoms with van der Waals surface area (Å²) in [6.45, 7) is 1.84. The first-order valence-electron chi connectivity index (χ1n) is 7.75. The maximum Gasteiger partial charge on any atom is 0.387 e. The number of carbonyl (C=O) groups excluding carboxylic acids is 1. The third-order valence-electron chi connectivity index (χ3n) is 3.20. The third-order valence-corrected chi connectivity index (χ3v) is 4.20. The van der Waals surface area contributed by atoms with Gasteiger partial charge in [-0.1, -0.05) is 6.07 Å². The monoisotopic (exact) mass is 370 g/mol. The predicted molar refractivity (Wildman–Crippen MR) is 92.4 cm³/mol. The Hall–Kier alpha value is -2.35. The smallest absolute Gasteiger partial charge is 0.387 e. The Kier molecular flexibility index (Phi) is 7.00. The van der Waals surface area contributed by atoms with Gasteiger partial charge in [0.05, 0.1) is 13.2 Å². The molecule has 0 saturated heterocycles. The molecule has 2 rings (SSSR count). The van der Waals surface area contributed by atoms with Gasteiger partial charge in [0.1, 0.15) is 0 Å². The molecule has 0 radical (unpaired) electrons. The maximum absolute atomic E-state index is 12.4.